The minimum Gasteiger partial charge on any atom is -0.480 e. The molecule has 1 aliphatic rings. The van der Waals surface area contributed by atoms with Gasteiger partial charge in [0.25, 0.3) is 0 Å². The molecule has 1 heterocycles. The predicted molar refractivity (Wildman–Crippen MR) is 70.7 cm³/mol. The zero-order chi connectivity index (χ0) is 14.0. The molecule has 6 heteroatoms. The minimum absolute atomic E-state index is 0.0536. The van der Waals surface area contributed by atoms with Gasteiger partial charge in [-0.25, -0.2) is 0 Å². The molecule has 0 aromatic heterocycles. The Morgan fingerprint density at radius 1 is 1.37 bits per heavy atom. The van der Waals surface area contributed by atoms with Crippen LogP contribution in [-0.2, 0) is 20.7 Å². The van der Waals surface area contributed by atoms with Crippen molar-refractivity contribution in [3.05, 3.63) is 33.8 Å². The fraction of sp³-hybridized carbons (Fsp3) is 0.385. The second-order valence-corrected chi connectivity index (χ2v) is 5.35. The van der Waals surface area contributed by atoms with Crippen molar-refractivity contribution in [3.8, 4) is 0 Å². The van der Waals surface area contributed by atoms with Crippen LogP contribution in [0, 0.1) is 5.41 Å². The third-order valence-electron chi connectivity index (χ3n) is 3.25. The average molecular weight is 303 g/mol. The first-order valence-corrected chi connectivity index (χ1v) is 6.50. The predicted octanol–water partition coefficient (Wildman–Crippen LogP) is 2.60. The van der Waals surface area contributed by atoms with Crippen LogP contribution in [0.5, 0.6) is 0 Å². The Balaban J connectivity index is 2.33. The molecule has 0 aliphatic carbocycles. The molecule has 2 rings (SSSR count). The standard InChI is InChI=1S/C13H12Cl2O4/c14-9-2-1-8(5-10(9)15)6-13(12(17)18)7-19-4-3-11(13)16/h1-2,5H,3-4,6-7H2,(H,17,18). The van der Waals surface area contributed by atoms with Crippen LogP contribution in [0.1, 0.15) is 12.0 Å². The van der Waals surface area contributed by atoms with Gasteiger partial charge in [0.15, 0.2) is 11.2 Å². The van der Waals surface area contributed by atoms with E-state index in [2.05, 4.69) is 0 Å². The third-order valence-corrected chi connectivity index (χ3v) is 3.99. The number of carboxylic acids is 1. The van der Waals surface area contributed by atoms with Crippen LogP contribution < -0.4 is 0 Å². The summed E-state index contributed by atoms with van der Waals surface area (Å²) in [7, 11) is 0. The SMILES string of the molecule is O=C(O)C1(Cc2ccc(Cl)c(Cl)c2)COCCC1=O. The Kier molecular flexibility index (Phi) is 4.13. The molecule has 1 aliphatic heterocycles. The number of Topliss-reactive ketones (excluding diaryl/α,β-unsaturated/α-hetero) is 1. The molecule has 0 radical (unpaired) electrons. The maximum atomic E-state index is 12.0. The van der Waals surface area contributed by atoms with Gasteiger partial charge < -0.3 is 9.84 Å². The van der Waals surface area contributed by atoms with Gasteiger partial charge in [0.2, 0.25) is 0 Å². The quantitative estimate of drug-likeness (QED) is 0.872. The smallest absolute Gasteiger partial charge is 0.319 e. The van der Waals surface area contributed by atoms with E-state index >= 15 is 0 Å². The Morgan fingerprint density at radius 2 is 2.11 bits per heavy atom. The van der Waals surface area contributed by atoms with Gasteiger partial charge >= 0.3 is 5.97 Å². The number of hydrogen-bond donors (Lipinski definition) is 1. The summed E-state index contributed by atoms with van der Waals surface area (Å²) in [5.41, 5.74) is -0.870. The zero-order valence-electron chi connectivity index (χ0n) is 9.99. The summed E-state index contributed by atoms with van der Waals surface area (Å²) in [4.78, 5) is 23.5. The van der Waals surface area contributed by atoms with E-state index in [9.17, 15) is 14.7 Å². The van der Waals surface area contributed by atoms with E-state index in [0.29, 0.717) is 15.6 Å². The molecule has 1 N–H and O–H groups in total. The van der Waals surface area contributed by atoms with Crippen LogP contribution >= 0.6 is 23.2 Å². The lowest BCUT2D eigenvalue weighted by atomic mass is 9.76. The molecule has 102 valence electrons. The van der Waals surface area contributed by atoms with Gasteiger partial charge in [-0.3, -0.25) is 9.59 Å². The lowest BCUT2D eigenvalue weighted by Crippen LogP contribution is -2.48. The highest BCUT2D eigenvalue weighted by molar-refractivity contribution is 6.42. The Labute approximate surface area is 120 Å². The number of benzene rings is 1. The first-order chi connectivity index (χ1) is 8.95. The number of rotatable bonds is 3. The van der Waals surface area contributed by atoms with Crippen molar-refractivity contribution in [1.29, 1.82) is 0 Å². The van der Waals surface area contributed by atoms with E-state index in [4.69, 9.17) is 27.9 Å². The lowest BCUT2D eigenvalue weighted by Gasteiger charge is -2.31. The highest BCUT2D eigenvalue weighted by Crippen LogP contribution is 2.32. The number of ether oxygens (including phenoxy) is 1. The average Bonchev–Trinajstić information content (AvgIpc) is 2.36. The summed E-state index contributed by atoms with van der Waals surface area (Å²) >= 11 is 11.7. The molecule has 1 aromatic carbocycles. The molecular formula is C13H12Cl2O4. The Hall–Kier alpha value is -1.10. The number of halogens is 2. The van der Waals surface area contributed by atoms with Crippen molar-refractivity contribution in [1.82, 2.24) is 0 Å². The monoisotopic (exact) mass is 302 g/mol. The summed E-state index contributed by atoms with van der Waals surface area (Å²) in [5, 5.41) is 10.1. The molecule has 1 aromatic rings. The van der Waals surface area contributed by atoms with Gasteiger partial charge in [0.05, 0.1) is 23.3 Å². The minimum atomic E-state index is -1.52. The number of carbonyl (C=O) groups excluding carboxylic acids is 1. The van der Waals surface area contributed by atoms with Crippen LogP contribution in [0.3, 0.4) is 0 Å². The maximum Gasteiger partial charge on any atom is 0.319 e. The van der Waals surface area contributed by atoms with Crippen molar-refractivity contribution < 1.29 is 19.4 Å². The normalized spacial score (nSPS) is 23.4. The van der Waals surface area contributed by atoms with Crippen molar-refractivity contribution in [2.45, 2.75) is 12.8 Å². The molecular weight excluding hydrogens is 291 g/mol. The van der Waals surface area contributed by atoms with Crippen LogP contribution in [0.25, 0.3) is 0 Å². The van der Waals surface area contributed by atoms with Gasteiger partial charge in [-0.15, -0.1) is 0 Å². The fourth-order valence-electron chi connectivity index (χ4n) is 2.14. The highest BCUT2D eigenvalue weighted by Gasteiger charge is 2.47. The number of hydrogen-bond acceptors (Lipinski definition) is 3. The third kappa shape index (κ3) is 2.76. The summed E-state index contributed by atoms with van der Waals surface area (Å²) < 4.78 is 5.18. The van der Waals surface area contributed by atoms with Crippen LogP contribution in [-0.4, -0.2) is 30.1 Å². The number of carbonyl (C=O) groups is 2. The first-order valence-electron chi connectivity index (χ1n) is 5.74. The van der Waals surface area contributed by atoms with Crippen LogP contribution in [0.4, 0.5) is 0 Å². The number of ketones is 1. The summed E-state index contributed by atoms with van der Waals surface area (Å²) in [6, 6.07) is 4.83. The summed E-state index contributed by atoms with van der Waals surface area (Å²) in [6.45, 7) is 0.163. The second kappa shape index (κ2) is 5.49. The largest absolute Gasteiger partial charge is 0.480 e. The van der Waals surface area contributed by atoms with Crippen molar-refractivity contribution in [2.75, 3.05) is 13.2 Å². The van der Waals surface area contributed by atoms with E-state index < -0.39 is 11.4 Å². The topological polar surface area (TPSA) is 63.6 Å². The van der Waals surface area contributed by atoms with Gasteiger partial charge in [0, 0.05) is 6.42 Å². The molecule has 19 heavy (non-hydrogen) atoms. The Bertz CT molecular complexity index is 529. The molecule has 0 saturated carbocycles. The van der Waals surface area contributed by atoms with Gasteiger partial charge in [-0.05, 0) is 24.1 Å². The van der Waals surface area contributed by atoms with Crippen LogP contribution in [0.15, 0.2) is 18.2 Å². The van der Waals surface area contributed by atoms with E-state index in [1.165, 1.54) is 0 Å². The summed E-state index contributed by atoms with van der Waals surface area (Å²) in [6.07, 6.45) is 0.172. The molecule has 1 fully saturated rings. The van der Waals surface area contributed by atoms with E-state index in [0.717, 1.165) is 0 Å². The summed E-state index contributed by atoms with van der Waals surface area (Å²) in [5.74, 6) is -1.47. The van der Waals surface area contributed by atoms with Gasteiger partial charge in [-0.1, -0.05) is 29.3 Å². The first kappa shape index (κ1) is 14.3. The van der Waals surface area contributed by atoms with Gasteiger partial charge in [0.1, 0.15) is 0 Å². The highest BCUT2D eigenvalue weighted by atomic mass is 35.5. The molecule has 1 saturated heterocycles. The lowest BCUT2D eigenvalue weighted by molar-refractivity contribution is -0.164. The maximum absolute atomic E-state index is 12.0. The van der Waals surface area contributed by atoms with Crippen molar-refractivity contribution in [3.63, 3.8) is 0 Å². The van der Waals surface area contributed by atoms with Crippen molar-refractivity contribution >= 4 is 35.0 Å². The molecule has 0 amide bonds. The molecule has 1 atom stereocenters. The van der Waals surface area contributed by atoms with E-state index in [1.807, 2.05) is 0 Å². The van der Waals surface area contributed by atoms with E-state index in [-0.39, 0.29) is 31.8 Å². The van der Waals surface area contributed by atoms with Crippen LogP contribution in [0.2, 0.25) is 10.0 Å². The molecule has 4 nitrogen and oxygen atoms in total. The molecule has 0 bridgehead atoms. The van der Waals surface area contributed by atoms with E-state index in [1.54, 1.807) is 18.2 Å². The second-order valence-electron chi connectivity index (χ2n) is 4.54. The number of aliphatic carboxylic acids is 1. The molecule has 1 unspecified atom stereocenters. The number of carboxylic acid groups (broad SMARTS) is 1. The van der Waals surface area contributed by atoms with Crippen molar-refractivity contribution in [2.24, 2.45) is 5.41 Å². The molecule has 0 spiro atoms. The fourth-order valence-corrected chi connectivity index (χ4v) is 2.46. The zero-order valence-corrected chi connectivity index (χ0v) is 11.5. The Morgan fingerprint density at radius 3 is 2.68 bits per heavy atom. The van der Waals surface area contributed by atoms with Gasteiger partial charge in [-0.2, -0.15) is 0 Å².